The van der Waals surface area contributed by atoms with Crippen LogP contribution in [0.3, 0.4) is 0 Å². The van der Waals surface area contributed by atoms with Crippen LogP contribution in [0.5, 0.6) is 0 Å². The molecule has 0 fully saturated rings. The number of rotatable bonds is 3. The summed E-state index contributed by atoms with van der Waals surface area (Å²) < 4.78 is 3.31. The molecule has 0 spiro atoms. The van der Waals surface area contributed by atoms with Gasteiger partial charge in [-0.1, -0.05) is 0 Å². The average molecular weight is 293 g/mol. The molecule has 1 aliphatic carbocycles. The maximum atomic E-state index is 2.40. The van der Waals surface area contributed by atoms with Crippen LogP contribution in [0.25, 0.3) is 0 Å². The van der Waals surface area contributed by atoms with E-state index in [0.29, 0.717) is 15.0 Å². The van der Waals surface area contributed by atoms with Gasteiger partial charge in [0.1, 0.15) is 0 Å². The zero-order valence-electron chi connectivity index (χ0n) is 11.1. The van der Waals surface area contributed by atoms with Crippen LogP contribution in [-0.4, -0.2) is 15.0 Å². The summed E-state index contributed by atoms with van der Waals surface area (Å²) in [7, 11) is 0. The molecular formula is C16H22Se. The van der Waals surface area contributed by atoms with Crippen LogP contribution in [0.2, 0.25) is 0 Å². The monoisotopic (exact) mass is 294 g/mol. The Morgan fingerprint density at radius 1 is 1.18 bits per heavy atom. The van der Waals surface area contributed by atoms with Gasteiger partial charge >= 0.3 is 112 Å². The predicted molar refractivity (Wildman–Crippen MR) is 76.7 cm³/mol. The first kappa shape index (κ1) is 12.9. The van der Waals surface area contributed by atoms with Crippen molar-refractivity contribution in [1.29, 1.82) is 0 Å². The van der Waals surface area contributed by atoms with E-state index < -0.39 is 0 Å². The third-order valence-electron chi connectivity index (χ3n) is 3.48. The second kappa shape index (κ2) is 5.89. The van der Waals surface area contributed by atoms with E-state index >= 15 is 0 Å². The molecule has 0 amide bonds. The van der Waals surface area contributed by atoms with E-state index in [9.17, 15) is 0 Å². The molecular weight excluding hydrogens is 271 g/mol. The van der Waals surface area contributed by atoms with Crippen molar-refractivity contribution in [2.75, 3.05) is 0 Å². The van der Waals surface area contributed by atoms with Gasteiger partial charge < -0.3 is 0 Å². The Balaban J connectivity index is 2.20. The van der Waals surface area contributed by atoms with Gasteiger partial charge in [0.05, 0.1) is 0 Å². The van der Waals surface area contributed by atoms with Crippen molar-refractivity contribution in [2.45, 2.75) is 40.0 Å². The molecule has 1 atom stereocenters. The normalized spacial score (nSPS) is 21.1. The molecule has 0 unspecified atom stereocenters. The van der Waals surface area contributed by atoms with Gasteiger partial charge in [-0.05, 0) is 0 Å². The Hall–Kier alpha value is -0.521. The standard InChI is InChI=1S/C16H22Se/c1-12(2)15-10-9-13(3)11-16(15)17-14-7-5-4-6-8-14/h4-8,12-13H,9-11H2,1-3H3/t13-/m0/s1. The summed E-state index contributed by atoms with van der Waals surface area (Å²) in [6.07, 6.45) is 4.06. The molecule has 0 nitrogen and oxygen atoms in total. The van der Waals surface area contributed by atoms with Gasteiger partial charge in [-0.15, -0.1) is 0 Å². The molecule has 0 saturated carbocycles. The van der Waals surface area contributed by atoms with Crippen LogP contribution in [0.4, 0.5) is 0 Å². The quantitative estimate of drug-likeness (QED) is 0.745. The molecule has 92 valence electrons. The van der Waals surface area contributed by atoms with Crippen LogP contribution < -0.4 is 4.46 Å². The summed E-state index contributed by atoms with van der Waals surface area (Å²) in [4.78, 5) is 0. The third-order valence-corrected chi connectivity index (χ3v) is 5.96. The van der Waals surface area contributed by atoms with Crippen molar-refractivity contribution >= 4 is 19.4 Å². The van der Waals surface area contributed by atoms with Gasteiger partial charge in [-0.3, -0.25) is 0 Å². The Morgan fingerprint density at radius 2 is 1.88 bits per heavy atom. The van der Waals surface area contributed by atoms with E-state index in [2.05, 4.69) is 51.1 Å². The zero-order chi connectivity index (χ0) is 12.3. The molecule has 0 heterocycles. The van der Waals surface area contributed by atoms with Crippen molar-refractivity contribution in [3.63, 3.8) is 0 Å². The van der Waals surface area contributed by atoms with Crippen molar-refractivity contribution < 1.29 is 0 Å². The Labute approximate surface area is 112 Å². The van der Waals surface area contributed by atoms with Crippen molar-refractivity contribution in [3.8, 4) is 0 Å². The van der Waals surface area contributed by atoms with Gasteiger partial charge in [0.2, 0.25) is 0 Å². The van der Waals surface area contributed by atoms with Crippen molar-refractivity contribution in [2.24, 2.45) is 11.8 Å². The first-order valence-electron chi connectivity index (χ1n) is 6.61. The topological polar surface area (TPSA) is 0 Å². The summed E-state index contributed by atoms with van der Waals surface area (Å²) in [6.45, 7) is 7.11. The third kappa shape index (κ3) is 3.47. The van der Waals surface area contributed by atoms with Crippen LogP contribution in [-0.2, 0) is 0 Å². The fraction of sp³-hybridized carbons (Fsp3) is 0.500. The number of allylic oxidation sites excluding steroid dienone is 2. The van der Waals surface area contributed by atoms with E-state index in [1.807, 2.05) is 0 Å². The fourth-order valence-corrected chi connectivity index (χ4v) is 5.41. The first-order chi connectivity index (χ1) is 8.16. The molecule has 0 saturated heterocycles. The predicted octanol–water partition coefficient (Wildman–Crippen LogP) is 3.75. The van der Waals surface area contributed by atoms with Crippen molar-refractivity contribution in [1.82, 2.24) is 0 Å². The van der Waals surface area contributed by atoms with Crippen molar-refractivity contribution in [3.05, 3.63) is 40.4 Å². The molecule has 1 aromatic carbocycles. The summed E-state index contributed by atoms with van der Waals surface area (Å²) in [5, 5.41) is 0. The van der Waals surface area contributed by atoms with Gasteiger partial charge in [0.25, 0.3) is 0 Å². The molecule has 17 heavy (non-hydrogen) atoms. The van der Waals surface area contributed by atoms with E-state index in [1.54, 1.807) is 10.0 Å². The molecule has 1 heteroatoms. The van der Waals surface area contributed by atoms with Crippen LogP contribution in [0.1, 0.15) is 40.0 Å². The average Bonchev–Trinajstić information content (AvgIpc) is 2.30. The van der Waals surface area contributed by atoms with Crippen LogP contribution >= 0.6 is 0 Å². The first-order valence-corrected chi connectivity index (χ1v) is 8.33. The Bertz CT molecular complexity index is 389. The van der Waals surface area contributed by atoms with Crippen LogP contribution in [0, 0.1) is 11.8 Å². The molecule has 0 aromatic heterocycles. The van der Waals surface area contributed by atoms with Crippen LogP contribution in [0.15, 0.2) is 40.4 Å². The summed E-state index contributed by atoms with van der Waals surface area (Å²) in [5.41, 5.74) is 1.76. The van der Waals surface area contributed by atoms with E-state index in [0.717, 1.165) is 11.8 Å². The van der Waals surface area contributed by atoms with Gasteiger partial charge in [0, 0.05) is 0 Å². The SMILES string of the molecule is CC(C)C1=C([Se]c2ccccc2)C[C@@H](C)CC1. The Morgan fingerprint density at radius 3 is 2.53 bits per heavy atom. The van der Waals surface area contributed by atoms with Gasteiger partial charge in [-0.25, -0.2) is 0 Å². The van der Waals surface area contributed by atoms with E-state index in [4.69, 9.17) is 0 Å². The number of hydrogen-bond donors (Lipinski definition) is 0. The molecule has 1 aromatic rings. The molecule has 0 N–H and O–H groups in total. The number of hydrogen-bond acceptors (Lipinski definition) is 0. The van der Waals surface area contributed by atoms with Gasteiger partial charge in [0.15, 0.2) is 0 Å². The summed E-state index contributed by atoms with van der Waals surface area (Å²) >= 11 is 0.551. The zero-order valence-corrected chi connectivity index (χ0v) is 12.8. The minimum atomic E-state index is 0.551. The Kier molecular flexibility index (Phi) is 4.48. The van der Waals surface area contributed by atoms with E-state index in [-0.39, 0.29) is 0 Å². The molecule has 0 aliphatic heterocycles. The maximum absolute atomic E-state index is 2.40. The molecule has 1 aliphatic rings. The summed E-state index contributed by atoms with van der Waals surface area (Å²) in [5.74, 6) is 1.63. The molecule has 0 bridgehead atoms. The second-order valence-corrected chi connectivity index (χ2v) is 7.82. The number of benzene rings is 1. The fourth-order valence-electron chi connectivity index (χ4n) is 2.44. The second-order valence-electron chi connectivity index (χ2n) is 5.37. The van der Waals surface area contributed by atoms with E-state index in [1.165, 1.54) is 23.7 Å². The minimum absolute atomic E-state index is 0.551. The molecule has 2 rings (SSSR count). The van der Waals surface area contributed by atoms with Gasteiger partial charge in [-0.2, -0.15) is 0 Å². The summed E-state index contributed by atoms with van der Waals surface area (Å²) in [6, 6.07) is 11.0. The molecule has 0 radical (unpaired) electrons.